The molecule has 2 aromatic rings. The molecule has 2 rings (SSSR count). The number of aryl methyl sites for hydroxylation is 1. The van der Waals surface area contributed by atoms with Gasteiger partial charge in [0.2, 0.25) is 10.0 Å². The monoisotopic (exact) mass is 368 g/mol. The molecule has 0 aliphatic carbocycles. The van der Waals surface area contributed by atoms with Gasteiger partial charge >= 0.3 is 0 Å². The summed E-state index contributed by atoms with van der Waals surface area (Å²) in [4.78, 5) is 2.32. The number of likely N-dealkylation sites (N-methyl/N-ethyl adjacent to an activating group) is 1. The number of nitrogens with zero attached hydrogens (tertiary/aromatic N) is 3. The predicted molar refractivity (Wildman–Crippen MR) is 96.0 cm³/mol. The third-order valence-electron chi connectivity index (χ3n) is 4.18. The van der Waals surface area contributed by atoms with E-state index in [9.17, 15) is 12.8 Å². The fourth-order valence-electron chi connectivity index (χ4n) is 2.80. The Bertz CT molecular complexity index is 812. The van der Waals surface area contributed by atoms with Gasteiger partial charge in [0.15, 0.2) is 0 Å². The molecule has 25 heavy (non-hydrogen) atoms. The van der Waals surface area contributed by atoms with Crippen LogP contribution in [0.3, 0.4) is 0 Å². The molecule has 1 heterocycles. The SMILES string of the molecule is CCN(CC)CCNS(=O)(=O)c1c(C)nn(-c2ccc(F)cc2)c1C. The Hall–Kier alpha value is -1.77. The van der Waals surface area contributed by atoms with Crippen LogP contribution < -0.4 is 4.72 Å². The highest BCUT2D eigenvalue weighted by molar-refractivity contribution is 7.89. The average molecular weight is 368 g/mol. The number of aromatic nitrogens is 2. The molecular formula is C17H25FN4O2S. The average Bonchev–Trinajstić information content (AvgIpc) is 2.87. The van der Waals surface area contributed by atoms with Crippen molar-refractivity contribution >= 4 is 10.0 Å². The molecule has 0 saturated carbocycles. The zero-order valence-electron chi connectivity index (χ0n) is 15.1. The van der Waals surface area contributed by atoms with Crippen molar-refractivity contribution in [2.45, 2.75) is 32.6 Å². The number of nitrogens with one attached hydrogen (secondary N) is 1. The second kappa shape index (κ2) is 8.07. The van der Waals surface area contributed by atoms with E-state index in [1.54, 1.807) is 26.0 Å². The number of rotatable bonds is 8. The lowest BCUT2D eigenvalue weighted by Gasteiger charge is -2.18. The molecule has 0 aliphatic heterocycles. The van der Waals surface area contributed by atoms with Gasteiger partial charge in [-0.1, -0.05) is 13.8 Å². The van der Waals surface area contributed by atoms with E-state index in [0.29, 0.717) is 30.2 Å². The van der Waals surface area contributed by atoms with Crippen LogP contribution in [0.4, 0.5) is 4.39 Å². The third kappa shape index (κ3) is 4.45. The molecule has 0 unspecified atom stereocenters. The Balaban J connectivity index is 2.25. The minimum atomic E-state index is -3.66. The van der Waals surface area contributed by atoms with Crippen LogP contribution >= 0.6 is 0 Å². The number of halogens is 1. The number of benzene rings is 1. The lowest BCUT2D eigenvalue weighted by molar-refractivity contribution is 0.309. The van der Waals surface area contributed by atoms with Gasteiger partial charge in [0, 0.05) is 13.1 Å². The van der Waals surface area contributed by atoms with Crippen LogP contribution in [0.15, 0.2) is 29.2 Å². The number of hydrogen-bond donors (Lipinski definition) is 1. The summed E-state index contributed by atoms with van der Waals surface area (Å²) in [5.41, 5.74) is 1.53. The molecule has 138 valence electrons. The highest BCUT2D eigenvalue weighted by Crippen LogP contribution is 2.22. The van der Waals surface area contributed by atoms with Crippen LogP contribution in [0.1, 0.15) is 25.2 Å². The van der Waals surface area contributed by atoms with E-state index in [0.717, 1.165) is 13.1 Å². The quantitative estimate of drug-likeness (QED) is 0.776. The summed E-state index contributed by atoms with van der Waals surface area (Å²) in [6.07, 6.45) is 0. The first-order chi connectivity index (χ1) is 11.8. The van der Waals surface area contributed by atoms with E-state index >= 15 is 0 Å². The van der Waals surface area contributed by atoms with Gasteiger partial charge in [0.1, 0.15) is 10.7 Å². The van der Waals surface area contributed by atoms with Crippen molar-refractivity contribution in [3.05, 3.63) is 41.5 Å². The van der Waals surface area contributed by atoms with Crippen molar-refractivity contribution in [1.82, 2.24) is 19.4 Å². The highest BCUT2D eigenvalue weighted by Gasteiger charge is 2.24. The van der Waals surface area contributed by atoms with Gasteiger partial charge in [0.05, 0.1) is 17.1 Å². The first-order valence-electron chi connectivity index (χ1n) is 8.34. The van der Waals surface area contributed by atoms with E-state index in [4.69, 9.17) is 0 Å². The van der Waals surface area contributed by atoms with Gasteiger partial charge in [-0.15, -0.1) is 0 Å². The molecule has 0 radical (unpaired) electrons. The van der Waals surface area contributed by atoms with Crippen LogP contribution in [0.2, 0.25) is 0 Å². The van der Waals surface area contributed by atoms with Crippen LogP contribution in [-0.4, -0.2) is 49.3 Å². The predicted octanol–water partition coefficient (Wildman–Crippen LogP) is 2.25. The van der Waals surface area contributed by atoms with E-state index in [1.165, 1.54) is 16.8 Å². The summed E-state index contributed by atoms with van der Waals surface area (Å²) in [5, 5.41) is 4.32. The summed E-state index contributed by atoms with van der Waals surface area (Å²) in [6, 6.07) is 5.78. The molecule has 0 aliphatic rings. The van der Waals surface area contributed by atoms with Gasteiger partial charge in [-0.2, -0.15) is 5.10 Å². The molecule has 1 aromatic carbocycles. The van der Waals surface area contributed by atoms with Gasteiger partial charge < -0.3 is 4.90 Å². The Morgan fingerprint density at radius 3 is 2.32 bits per heavy atom. The third-order valence-corrected chi connectivity index (χ3v) is 5.89. The zero-order valence-corrected chi connectivity index (χ0v) is 15.9. The van der Waals surface area contributed by atoms with Crippen molar-refractivity contribution in [3.63, 3.8) is 0 Å². The minimum absolute atomic E-state index is 0.177. The van der Waals surface area contributed by atoms with Crippen molar-refractivity contribution in [1.29, 1.82) is 0 Å². The van der Waals surface area contributed by atoms with E-state index in [-0.39, 0.29) is 10.7 Å². The maximum Gasteiger partial charge on any atom is 0.244 e. The molecule has 0 amide bonds. The molecule has 6 nitrogen and oxygen atoms in total. The van der Waals surface area contributed by atoms with Gasteiger partial charge in [-0.05, 0) is 51.2 Å². The highest BCUT2D eigenvalue weighted by atomic mass is 32.2. The molecule has 0 fully saturated rings. The largest absolute Gasteiger partial charge is 0.303 e. The molecular weight excluding hydrogens is 343 g/mol. The zero-order chi connectivity index (χ0) is 18.6. The van der Waals surface area contributed by atoms with Crippen LogP contribution in [0.25, 0.3) is 5.69 Å². The van der Waals surface area contributed by atoms with E-state index in [2.05, 4.69) is 14.7 Å². The maximum absolute atomic E-state index is 13.1. The van der Waals surface area contributed by atoms with Crippen molar-refractivity contribution in [3.8, 4) is 5.69 Å². The Morgan fingerprint density at radius 1 is 1.16 bits per heavy atom. The van der Waals surface area contributed by atoms with Gasteiger partial charge in [-0.25, -0.2) is 22.2 Å². The second-order valence-corrected chi connectivity index (χ2v) is 7.52. The van der Waals surface area contributed by atoms with Gasteiger partial charge in [0.25, 0.3) is 0 Å². The van der Waals surface area contributed by atoms with Crippen LogP contribution in [0, 0.1) is 19.7 Å². The number of sulfonamides is 1. The van der Waals surface area contributed by atoms with Crippen molar-refractivity contribution in [2.75, 3.05) is 26.2 Å². The minimum Gasteiger partial charge on any atom is -0.303 e. The molecule has 0 saturated heterocycles. The first-order valence-corrected chi connectivity index (χ1v) is 9.82. The number of hydrogen-bond acceptors (Lipinski definition) is 4. The topological polar surface area (TPSA) is 67.2 Å². The lowest BCUT2D eigenvalue weighted by atomic mass is 10.3. The second-order valence-electron chi connectivity index (χ2n) is 5.81. The summed E-state index contributed by atoms with van der Waals surface area (Å²) < 4.78 is 42.6. The normalized spacial score (nSPS) is 12.1. The van der Waals surface area contributed by atoms with Gasteiger partial charge in [-0.3, -0.25) is 0 Å². The Kier molecular flexibility index (Phi) is 6.31. The summed E-state index contributed by atoms with van der Waals surface area (Å²) in [7, 11) is -3.66. The molecule has 0 bridgehead atoms. The molecule has 0 spiro atoms. The molecule has 1 N–H and O–H groups in total. The Labute approximate surface area is 148 Å². The lowest BCUT2D eigenvalue weighted by Crippen LogP contribution is -2.35. The van der Waals surface area contributed by atoms with E-state index in [1.807, 2.05) is 13.8 Å². The molecule has 0 atom stereocenters. The van der Waals surface area contributed by atoms with Crippen molar-refractivity contribution < 1.29 is 12.8 Å². The van der Waals surface area contributed by atoms with E-state index < -0.39 is 10.0 Å². The molecule has 1 aromatic heterocycles. The fraction of sp³-hybridized carbons (Fsp3) is 0.471. The standard InChI is InChI=1S/C17H25FN4O2S/c1-5-21(6-2)12-11-19-25(23,24)17-13(3)20-22(14(17)4)16-9-7-15(18)8-10-16/h7-10,19H,5-6,11-12H2,1-4H3. The van der Waals surface area contributed by atoms with Crippen molar-refractivity contribution in [2.24, 2.45) is 0 Å². The summed E-state index contributed by atoms with van der Waals surface area (Å²) >= 11 is 0. The Morgan fingerprint density at radius 2 is 1.76 bits per heavy atom. The van der Waals surface area contributed by atoms with Crippen LogP contribution in [0.5, 0.6) is 0 Å². The maximum atomic E-state index is 13.1. The fourth-order valence-corrected chi connectivity index (χ4v) is 4.21. The summed E-state index contributed by atoms with van der Waals surface area (Å²) in [5.74, 6) is -0.351. The van der Waals surface area contributed by atoms with Crippen LogP contribution in [-0.2, 0) is 10.0 Å². The first kappa shape index (κ1) is 19.6. The smallest absolute Gasteiger partial charge is 0.244 e. The molecule has 8 heteroatoms. The summed E-state index contributed by atoms with van der Waals surface area (Å²) in [6.45, 7) is 10.2.